The van der Waals surface area contributed by atoms with E-state index in [4.69, 9.17) is 0 Å². The summed E-state index contributed by atoms with van der Waals surface area (Å²) in [6.45, 7) is 3.36. The van der Waals surface area contributed by atoms with E-state index in [1.54, 1.807) is 12.4 Å². The summed E-state index contributed by atoms with van der Waals surface area (Å²) in [6.07, 6.45) is 7.62. The van der Waals surface area contributed by atoms with Gasteiger partial charge >= 0.3 is 0 Å². The summed E-state index contributed by atoms with van der Waals surface area (Å²) in [5, 5.41) is 16.6. The lowest BCUT2D eigenvalue weighted by molar-refractivity contribution is -0.404. The molecular weight excluding hydrogens is 244 g/mol. The van der Waals surface area contributed by atoms with Crippen LogP contribution < -0.4 is 10.6 Å². The second-order valence-electron chi connectivity index (χ2n) is 4.18. The van der Waals surface area contributed by atoms with E-state index in [2.05, 4.69) is 22.5 Å². The van der Waals surface area contributed by atoms with E-state index in [-0.39, 0.29) is 0 Å². The van der Waals surface area contributed by atoms with Crippen LogP contribution in [0.25, 0.3) is 0 Å². The predicted molar refractivity (Wildman–Crippen MR) is 73.7 cm³/mol. The van der Waals surface area contributed by atoms with E-state index >= 15 is 0 Å². The van der Waals surface area contributed by atoms with Crippen molar-refractivity contribution in [2.45, 2.75) is 32.7 Å². The first-order valence-electron chi connectivity index (χ1n) is 6.44. The molecule has 1 rings (SSSR count). The molecule has 0 spiro atoms. The zero-order valence-corrected chi connectivity index (χ0v) is 11.1. The van der Waals surface area contributed by atoms with Gasteiger partial charge in [0.2, 0.25) is 0 Å². The topological polar surface area (TPSA) is 80.1 Å². The summed E-state index contributed by atoms with van der Waals surface area (Å²) in [6, 6.07) is 3.75. The van der Waals surface area contributed by atoms with Gasteiger partial charge in [0.25, 0.3) is 6.20 Å². The molecule has 0 fully saturated rings. The molecule has 0 aliphatic rings. The van der Waals surface area contributed by atoms with E-state index < -0.39 is 4.92 Å². The molecule has 6 heteroatoms. The van der Waals surface area contributed by atoms with Crippen molar-refractivity contribution >= 4 is 0 Å². The lowest BCUT2D eigenvalue weighted by Crippen LogP contribution is -2.27. The van der Waals surface area contributed by atoms with Crippen LogP contribution >= 0.6 is 0 Å². The maximum absolute atomic E-state index is 10.5. The first-order valence-corrected chi connectivity index (χ1v) is 6.44. The maximum Gasteiger partial charge on any atom is 0.274 e. The highest BCUT2D eigenvalue weighted by molar-refractivity contribution is 5.09. The first kappa shape index (κ1) is 14.9. The lowest BCUT2D eigenvalue weighted by Gasteiger charge is -2.11. The number of nitro groups is 1. The molecule has 0 amide bonds. The minimum absolute atomic E-state index is 0.435. The van der Waals surface area contributed by atoms with Gasteiger partial charge in [0, 0.05) is 25.5 Å². The molecular formula is C13H20N4O2. The maximum atomic E-state index is 10.5. The Bertz CT molecular complexity index is 406. The highest BCUT2D eigenvalue weighted by atomic mass is 16.6. The van der Waals surface area contributed by atoms with Crippen molar-refractivity contribution in [1.82, 2.24) is 15.6 Å². The van der Waals surface area contributed by atoms with E-state index in [0.717, 1.165) is 37.6 Å². The van der Waals surface area contributed by atoms with Gasteiger partial charge in [-0.2, -0.15) is 0 Å². The smallest absolute Gasteiger partial charge is 0.274 e. The second kappa shape index (κ2) is 8.91. The average Bonchev–Trinajstić information content (AvgIpc) is 2.41. The van der Waals surface area contributed by atoms with Gasteiger partial charge in [-0.15, -0.1) is 0 Å². The lowest BCUT2D eigenvalue weighted by atomic mass is 10.2. The molecule has 0 aromatic carbocycles. The van der Waals surface area contributed by atoms with Crippen molar-refractivity contribution in [2.75, 3.05) is 6.54 Å². The summed E-state index contributed by atoms with van der Waals surface area (Å²) in [7, 11) is 0. The summed E-state index contributed by atoms with van der Waals surface area (Å²) in [5.41, 5.74) is 0.979. The summed E-state index contributed by atoms with van der Waals surface area (Å²) >= 11 is 0. The van der Waals surface area contributed by atoms with Crippen molar-refractivity contribution in [2.24, 2.45) is 0 Å². The molecule has 1 aromatic rings. The first-order chi connectivity index (χ1) is 9.22. The molecule has 0 aliphatic heterocycles. The largest absolute Gasteiger partial charge is 0.367 e. The minimum Gasteiger partial charge on any atom is -0.367 e. The molecule has 1 aromatic heterocycles. The molecule has 104 valence electrons. The Morgan fingerprint density at radius 3 is 2.95 bits per heavy atom. The van der Waals surface area contributed by atoms with Crippen LogP contribution in [-0.4, -0.2) is 16.5 Å². The monoisotopic (exact) mass is 264 g/mol. The average molecular weight is 264 g/mol. The molecule has 1 heterocycles. The number of nitrogens with one attached hydrogen (secondary N) is 2. The predicted octanol–water partition coefficient (Wildman–Crippen LogP) is 2.03. The number of nitrogens with zero attached hydrogens (tertiary/aromatic N) is 2. The van der Waals surface area contributed by atoms with Crippen LogP contribution in [0.2, 0.25) is 0 Å². The molecule has 6 nitrogen and oxygen atoms in total. The van der Waals surface area contributed by atoms with Gasteiger partial charge in [0.05, 0.1) is 4.92 Å². The molecule has 0 aliphatic carbocycles. The molecule has 0 saturated heterocycles. The molecule has 0 unspecified atom stereocenters. The molecule has 2 N–H and O–H groups in total. The SMILES string of the molecule is CCCCCN/C(=C\[N+](=O)[O-])NCc1cccnc1. The van der Waals surface area contributed by atoms with Gasteiger partial charge in [-0.3, -0.25) is 15.1 Å². The van der Waals surface area contributed by atoms with Crippen LogP contribution in [0.5, 0.6) is 0 Å². The Hall–Kier alpha value is -2.11. The van der Waals surface area contributed by atoms with Gasteiger partial charge in [-0.1, -0.05) is 25.8 Å². The number of pyridine rings is 1. The van der Waals surface area contributed by atoms with Gasteiger partial charge in [-0.05, 0) is 18.1 Å². The third-order valence-electron chi connectivity index (χ3n) is 2.54. The summed E-state index contributed by atoms with van der Waals surface area (Å²) in [4.78, 5) is 14.1. The van der Waals surface area contributed by atoms with Crippen molar-refractivity contribution in [3.8, 4) is 0 Å². The Morgan fingerprint density at radius 1 is 1.47 bits per heavy atom. The highest BCUT2D eigenvalue weighted by Crippen LogP contribution is 1.97. The Labute approximate surface area is 113 Å². The standard InChI is InChI=1S/C13H20N4O2/c1-2-3-4-8-15-13(11-17(18)19)16-10-12-6-5-7-14-9-12/h5-7,9,11,15-16H,2-4,8,10H2,1H3/b13-11+. The fourth-order valence-corrected chi connectivity index (χ4v) is 1.56. The fraction of sp³-hybridized carbons (Fsp3) is 0.462. The second-order valence-corrected chi connectivity index (χ2v) is 4.18. The molecule has 0 radical (unpaired) electrons. The van der Waals surface area contributed by atoms with Gasteiger partial charge < -0.3 is 10.6 Å². The highest BCUT2D eigenvalue weighted by Gasteiger charge is 2.02. The normalized spacial score (nSPS) is 11.1. The van der Waals surface area contributed by atoms with E-state index in [1.165, 1.54) is 0 Å². The van der Waals surface area contributed by atoms with Gasteiger partial charge in [0.1, 0.15) is 0 Å². The number of hydrogen-bond donors (Lipinski definition) is 2. The number of rotatable bonds is 9. The van der Waals surface area contributed by atoms with Crippen molar-refractivity contribution in [3.05, 3.63) is 52.2 Å². The Balaban J connectivity index is 2.44. The minimum atomic E-state index is -0.460. The number of unbranched alkanes of at least 4 members (excludes halogenated alkanes) is 2. The number of aromatic nitrogens is 1. The van der Waals surface area contributed by atoms with E-state index in [1.807, 2.05) is 12.1 Å². The van der Waals surface area contributed by atoms with Crippen LogP contribution in [0.3, 0.4) is 0 Å². The molecule has 0 bridgehead atoms. The fourth-order valence-electron chi connectivity index (χ4n) is 1.56. The quantitative estimate of drug-likeness (QED) is 0.405. The van der Waals surface area contributed by atoms with Crippen LogP contribution in [-0.2, 0) is 6.54 Å². The zero-order valence-electron chi connectivity index (χ0n) is 11.1. The van der Waals surface area contributed by atoms with Crippen LogP contribution in [0.1, 0.15) is 31.7 Å². The van der Waals surface area contributed by atoms with E-state index in [9.17, 15) is 10.1 Å². The molecule has 0 atom stereocenters. The molecule has 0 saturated carbocycles. The van der Waals surface area contributed by atoms with Crippen LogP contribution in [0.4, 0.5) is 0 Å². The van der Waals surface area contributed by atoms with Crippen LogP contribution in [0.15, 0.2) is 36.5 Å². The number of hydrogen-bond acceptors (Lipinski definition) is 5. The van der Waals surface area contributed by atoms with Crippen molar-refractivity contribution < 1.29 is 4.92 Å². The molecule has 19 heavy (non-hydrogen) atoms. The summed E-state index contributed by atoms with van der Waals surface area (Å²) < 4.78 is 0. The Kier molecular flexibility index (Phi) is 7.01. The summed E-state index contributed by atoms with van der Waals surface area (Å²) in [5.74, 6) is 0.435. The third-order valence-corrected chi connectivity index (χ3v) is 2.54. The van der Waals surface area contributed by atoms with Crippen molar-refractivity contribution in [3.63, 3.8) is 0 Å². The Morgan fingerprint density at radius 2 is 2.32 bits per heavy atom. The van der Waals surface area contributed by atoms with E-state index in [0.29, 0.717) is 12.4 Å². The third kappa shape index (κ3) is 7.03. The van der Waals surface area contributed by atoms with Crippen molar-refractivity contribution in [1.29, 1.82) is 0 Å². The van der Waals surface area contributed by atoms with Gasteiger partial charge in [-0.25, -0.2) is 0 Å². The van der Waals surface area contributed by atoms with Crippen LogP contribution in [0, 0.1) is 10.1 Å². The van der Waals surface area contributed by atoms with Gasteiger partial charge in [0.15, 0.2) is 5.82 Å². The zero-order chi connectivity index (χ0) is 13.9.